The van der Waals surface area contributed by atoms with E-state index in [1.165, 1.54) is 0 Å². The van der Waals surface area contributed by atoms with Crippen LogP contribution in [0, 0.1) is 5.92 Å². The zero-order valence-electron chi connectivity index (χ0n) is 9.01. The van der Waals surface area contributed by atoms with Gasteiger partial charge in [-0.05, 0) is 18.8 Å². The van der Waals surface area contributed by atoms with Crippen LogP contribution in [0.25, 0.3) is 0 Å². The van der Waals surface area contributed by atoms with Crippen LogP contribution < -0.4 is 0 Å². The van der Waals surface area contributed by atoms with Crippen LogP contribution >= 0.6 is 0 Å². The Morgan fingerprint density at radius 1 is 1.27 bits per heavy atom. The van der Waals surface area contributed by atoms with Gasteiger partial charge in [-0.3, -0.25) is 0 Å². The maximum absolute atomic E-state index is 10.9. The molecule has 0 aliphatic carbocycles. The second-order valence-corrected chi connectivity index (χ2v) is 4.09. The molecule has 0 rings (SSSR count). The molecular formula is C9H17NO4S. The van der Waals surface area contributed by atoms with Crippen LogP contribution in [0.5, 0.6) is 0 Å². The first-order chi connectivity index (χ1) is 7.02. The van der Waals surface area contributed by atoms with E-state index in [2.05, 4.69) is 4.36 Å². The molecule has 0 amide bonds. The lowest BCUT2D eigenvalue weighted by Crippen LogP contribution is -2.27. The quantitative estimate of drug-likeness (QED) is 0.728. The molecule has 0 fully saturated rings. The summed E-state index contributed by atoms with van der Waals surface area (Å²) in [6.45, 7) is 3.88. The average Bonchev–Trinajstić information content (AvgIpc) is 2.13. The van der Waals surface area contributed by atoms with E-state index in [1.54, 1.807) is 0 Å². The Labute approximate surface area is 91.2 Å². The Hall–Kier alpha value is -0.910. The van der Waals surface area contributed by atoms with Crippen molar-refractivity contribution in [3.05, 3.63) is 0 Å². The minimum atomic E-state index is -2.65. The van der Waals surface area contributed by atoms with E-state index in [4.69, 9.17) is 5.11 Å². The van der Waals surface area contributed by atoms with E-state index in [0.717, 1.165) is 12.8 Å². The predicted molar refractivity (Wildman–Crippen MR) is 56.1 cm³/mol. The molecule has 15 heavy (non-hydrogen) atoms. The lowest BCUT2D eigenvalue weighted by molar-refractivity contribution is -0.139. The maximum atomic E-state index is 10.9. The molecule has 0 aliphatic heterocycles. The van der Waals surface area contributed by atoms with Gasteiger partial charge in [-0.2, -0.15) is 12.8 Å². The molecule has 0 saturated carbocycles. The fraction of sp³-hybridized carbons (Fsp3) is 0.889. The van der Waals surface area contributed by atoms with Crippen LogP contribution in [0.2, 0.25) is 0 Å². The van der Waals surface area contributed by atoms with Crippen molar-refractivity contribution in [2.45, 2.75) is 45.6 Å². The normalized spacial score (nSPS) is 12.5. The van der Waals surface area contributed by atoms with Crippen molar-refractivity contribution in [2.24, 2.45) is 10.3 Å². The summed E-state index contributed by atoms with van der Waals surface area (Å²) in [6, 6.07) is -1.12. The van der Waals surface area contributed by atoms with Crippen molar-refractivity contribution in [3.8, 4) is 0 Å². The predicted octanol–water partition coefficient (Wildman–Crippen LogP) is 1.72. The fourth-order valence-electron chi connectivity index (χ4n) is 1.63. The van der Waals surface area contributed by atoms with Crippen molar-refractivity contribution in [1.82, 2.24) is 0 Å². The summed E-state index contributed by atoms with van der Waals surface area (Å²) in [5, 5.41) is 8.88. The van der Waals surface area contributed by atoms with Crippen LogP contribution in [-0.2, 0) is 15.3 Å². The Morgan fingerprint density at radius 3 is 2.00 bits per heavy atom. The average molecular weight is 235 g/mol. The largest absolute Gasteiger partial charge is 0.480 e. The SMILES string of the molecule is CCCC(CCC)C(N=S(=O)=O)C(=O)O. The van der Waals surface area contributed by atoms with Crippen LogP contribution in [0.15, 0.2) is 4.36 Å². The van der Waals surface area contributed by atoms with Crippen molar-refractivity contribution in [1.29, 1.82) is 0 Å². The third-order valence-electron chi connectivity index (χ3n) is 2.22. The molecule has 1 N–H and O–H groups in total. The molecule has 6 heteroatoms. The zero-order valence-corrected chi connectivity index (χ0v) is 9.83. The highest BCUT2D eigenvalue weighted by atomic mass is 32.2. The molecule has 0 heterocycles. The number of rotatable bonds is 7. The lowest BCUT2D eigenvalue weighted by atomic mass is 9.91. The number of carboxylic acid groups (broad SMARTS) is 1. The van der Waals surface area contributed by atoms with Gasteiger partial charge in [-0.15, -0.1) is 0 Å². The number of aliphatic carboxylic acids is 1. The molecule has 0 aromatic carbocycles. The Morgan fingerprint density at radius 2 is 1.73 bits per heavy atom. The molecule has 88 valence electrons. The van der Waals surface area contributed by atoms with Gasteiger partial charge in [0.1, 0.15) is 0 Å². The molecule has 1 unspecified atom stereocenters. The number of carboxylic acids is 1. The van der Waals surface area contributed by atoms with Crippen molar-refractivity contribution >= 4 is 16.5 Å². The van der Waals surface area contributed by atoms with Crippen LogP contribution in [-0.4, -0.2) is 25.5 Å². The first-order valence-electron chi connectivity index (χ1n) is 5.05. The highest BCUT2D eigenvalue weighted by Gasteiger charge is 2.26. The standard InChI is InChI=1S/C9H17NO4S/c1-3-5-7(6-4-2)8(9(11)12)10-15(13)14/h7-8H,3-6H2,1-2H3,(H,11,12). The lowest BCUT2D eigenvalue weighted by Gasteiger charge is -2.17. The molecule has 0 radical (unpaired) electrons. The summed E-state index contributed by atoms with van der Waals surface area (Å²) in [6.07, 6.45) is 3.03. The second-order valence-electron chi connectivity index (χ2n) is 3.44. The summed E-state index contributed by atoms with van der Waals surface area (Å²) < 4.78 is 24.0. The third kappa shape index (κ3) is 5.51. The Bertz CT molecular complexity index is 309. The topological polar surface area (TPSA) is 83.8 Å². The number of carbonyl (C=O) groups is 1. The minimum absolute atomic E-state index is 0.185. The van der Waals surface area contributed by atoms with Gasteiger partial charge in [0.05, 0.1) is 0 Å². The van der Waals surface area contributed by atoms with Gasteiger partial charge in [0.2, 0.25) is 0 Å². The van der Waals surface area contributed by atoms with Gasteiger partial charge in [0.25, 0.3) is 0 Å². The monoisotopic (exact) mass is 235 g/mol. The molecule has 0 saturated heterocycles. The first-order valence-corrected chi connectivity index (χ1v) is 6.09. The molecule has 0 aromatic heterocycles. The summed E-state index contributed by atoms with van der Waals surface area (Å²) in [5.74, 6) is -1.35. The summed E-state index contributed by atoms with van der Waals surface area (Å²) >= 11 is 0. The van der Waals surface area contributed by atoms with E-state index in [1.807, 2.05) is 13.8 Å². The number of hydrogen-bond acceptors (Lipinski definition) is 4. The number of nitrogens with zero attached hydrogens (tertiary/aromatic N) is 1. The number of hydrogen-bond donors (Lipinski definition) is 1. The van der Waals surface area contributed by atoms with Gasteiger partial charge in [-0.1, -0.05) is 26.7 Å². The first kappa shape index (κ1) is 14.1. The van der Waals surface area contributed by atoms with Gasteiger partial charge in [0.15, 0.2) is 6.04 Å². The van der Waals surface area contributed by atoms with Gasteiger partial charge >= 0.3 is 16.5 Å². The van der Waals surface area contributed by atoms with E-state index in [-0.39, 0.29) is 5.92 Å². The van der Waals surface area contributed by atoms with Crippen LogP contribution in [0.4, 0.5) is 0 Å². The zero-order chi connectivity index (χ0) is 11.8. The van der Waals surface area contributed by atoms with E-state index in [0.29, 0.717) is 12.8 Å². The van der Waals surface area contributed by atoms with Gasteiger partial charge < -0.3 is 5.11 Å². The molecule has 0 aliphatic rings. The third-order valence-corrected chi connectivity index (χ3v) is 2.62. The van der Waals surface area contributed by atoms with Gasteiger partial charge in [0, 0.05) is 0 Å². The molecule has 5 nitrogen and oxygen atoms in total. The summed E-state index contributed by atoms with van der Waals surface area (Å²) in [5.41, 5.74) is 0. The smallest absolute Gasteiger partial charge is 0.330 e. The second kappa shape index (κ2) is 7.39. The van der Waals surface area contributed by atoms with Crippen LogP contribution in [0.1, 0.15) is 39.5 Å². The van der Waals surface area contributed by atoms with Crippen LogP contribution in [0.3, 0.4) is 0 Å². The molecule has 0 spiro atoms. The molecule has 0 bridgehead atoms. The maximum Gasteiger partial charge on any atom is 0.330 e. The molecule has 1 atom stereocenters. The van der Waals surface area contributed by atoms with Gasteiger partial charge in [-0.25, -0.2) is 4.79 Å². The molecule has 0 aromatic rings. The highest BCUT2D eigenvalue weighted by Crippen LogP contribution is 2.20. The van der Waals surface area contributed by atoms with E-state index in [9.17, 15) is 13.2 Å². The Kier molecular flexibility index (Phi) is 6.94. The summed E-state index contributed by atoms with van der Waals surface area (Å²) in [7, 11) is -2.65. The fourth-order valence-corrected chi connectivity index (χ4v) is 2.07. The van der Waals surface area contributed by atoms with Crippen molar-refractivity contribution in [3.63, 3.8) is 0 Å². The van der Waals surface area contributed by atoms with Crippen molar-refractivity contribution < 1.29 is 18.3 Å². The highest BCUT2D eigenvalue weighted by molar-refractivity contribution is 7.61. The van der Waals surface area contributed by atoms with Crippen molar-refractivity contribution in [2.75, 3.05) is 0 Å². The Balaban J connectivity index is 4.82. The van der Waals surface area contributed by atoms with E-state index >= 15 is 0 Å². The molecular weight excluding hydrogens is 218 g/mol. The summed E-state index contributed by atoms with van der Waals surface area (Å²) in [4.78, 5) is 10.9. The minimum Gasteiger partial charge on any atom is -0.480 e. The van der Waals surface area contributed by atoms with E-state index < -0.39 is 22.5 Å².